The predicted octanol–water partition coefficient (Wildman–Crippen LogP) is 3.29. The maximum Gasteiger partial charge on any atom is 0.262 e. The Morgan fingerprint density at radius 1 is 0.960 bits per heavy atom. The summed E-state index contributed by atoms with van der Waals surface area (Å²) in [6, 6.07) is 7.71. The molecule has 0 atom stereocenters. The Hall–Kier alpha value is -2.48. The van der Waals surface area contributed by atoms with Gasteiger partial charge in [0.05, 0.1) is 4.90 Å². The highest BCUT2D eigenvalue weighted by Crippen LogP contribution is 2.19. The highest BCUT2D eigenvalue weighted by molar-refractivity contribution is 7.92. The number of amides is 1. The van der Waals surface area contributed by atoms with Crippen LogP contribution in [0.3, 0.4) is 0 Å². The first-order chi connectivity index (χ1) is 11.5. The van der Waals surface area contributed by atoms with Gasteiger partial charge in [-0.15, -0.1) is 0 Å². The minimum Gasteiger partial charge on any atom is -0.347 e. The number of rotatable bonds is 4. The molecule has 0 aliphatic rings. The van der Waals surface area contributed by atoms with E-state index < -0.39 is 32.1 Å². The van der Waals surface area contributed by atoms with Crippen LogP contribution in [0.1, 0.15) is 31.1 Å². The van der Waals surface area contributed by atoms with Gasteiger partial charge in [-0.1, -0.05) is 0 Å². The number of carbonyl (C=O) groups excluding carboxylic acids is 1. The van der Waals surface area contributed by atoms with Crippen molar-refractivity contribution in [2.24, 2.45) is 0 Å². The average Bonchev–Trinajstić information content (AvgIpc) is 2.44. The second kappa shape index (κ2) is 6.79. The Bertz CT molecular complexity index is 869. The fraction of sp³-hybridized carbons (Fsp3) is 0.235. The molecule has 0 aromatic heterocycles. The van der Waals surface area contributed by atoms with Gasteiger partial charge in [-0.05, 0) is 57.2 Å². The topological polar surface area (TPSA) is 75.3 Å². The highest BCUT2D eigenvalue weighted by atomic mass is 32.2. The van der Waals surface area contributed by atoms with Crippen LogP contribution in [0.4, 0.5) is 14.5 Å². The molecule has 2 N–H and O–H groups in total. The molecule has 0 unspecified atom stereocenters. The average molecular weight is 368 g/mol. The van der Waals surface area contributed by atoms with E-state index in [1.807, 2.05) is 20.8 Å². The Balaban J connectivity index is 2.19. The van der Waals surface area contributed by atoms with Crippen LogP contribution in [0.15, 0.2) is 47.4 Å². The molecule has 0 spiro atoms. The Labute approximate surface area is 145 Å². The quantitative estimate of drug-likeness (QED) is 0.870. The van der Waals surface area contributed by atoms with E-state index >= 15 is 0 Å². The maximum atomic E-state index is 13.2. The van der Waals surface area contributed by atoms with Gasteiger partial charge in [0.2, 0.25) is 0 Å². The molecule has 5 nitrogen and oxygen atoms in total. The van der Waals surface area contributed by atoms with Crippen molar-refractivity contribution in [3.05, 3.63) is 59.7 Å². The third-order valence-corrected chi connectivity index (χ3v) is 4.39. The number of carbonyl (C=O) groups is 1. The van der Waals surface area contributed by atoms with Crippen molar-refractivity contribution >= 4 is 21.6 Å². The van der Waals surface area contributed by atoms with E-state index in [0.29, 0.717) is 11.6 Å². The summed E-state index contributed by atoms with van der Waals surface area (Å²) >= 11 is 0. The summed E-state index contributed by atoms with van der Waals surface area (Å²) in [7, 11) is -4.15. The molecule has 134 valence electrons. The lowest BCUT2D eigenvalue weighted by Gasteiger charge is -2.20. The van der Waals surface area contributed by atoms with Gasteiger partial charge in [0.15, 0.2) is 0 Å². The zero-order valence-electron chi connectivity index (χ0n) is 13.9. The van der Waals surface area contributed by atoms with Gasteiger partial charge in [-0.25, -0.2) is 17.2 Å². The van der Waals surface area contributed by atoms with Crippen molar-refractivity contribution in [2.45, 2.75) is 31.2 Å². The van der Waals surface area contributed by atoms with Crippen molar-refractivity contribution in [3.8, 4) is 0 Å². The fourth-order valence-corrected chi connectivity index (χ4v) is 3.10. The van der Waals surface area contributed by atoms with Gasteiger partial charge in [0.25, 0.3) is 15.9 Å². The molecule has 2 aromatic carbocycles. The Morgan fingerprint density at radius 2 is 1.48 bits per heavy atom. The summed E-state index contributed by atoms with van der Waals surface area (Å²) in [5.74, 6) is -2.28. The lowest BCUT2D eigenvalue weighted by molar-refractivity contribution is 0.0919. The van der Waals surface area contributed by atoms with E-state index in [0.717, 1.165) is 12.1 Å². The molecule has 0 fully saturated rings. The summed E-state index contributed by atoms with van der Waals surface area (Å²) in [6.07, 6.45) is 0. The van der Waals surface area contributed by atoms with Crippen molar-refractivity contribution < 1.29 is 22.0 Å². The number of anilines is 1. The molecule has 0 aliphatic heterocycles. The molecule has 0 radical (unpaired) electrons. The van der Waals surface area contributed by atoms with E-state index in [2.05, 4.69) is 10.0 Å². The molecule has 0 aliphatic carbocycles. The highest BCUT2D eigenvalue weighted by Gasteiger charge is 2.18. The molecule has 2 rings (SSSR count). The van der Waals surface area contributed by atoms with Crippen molar-refractivity contribution in [1.29, 1.82) is 0 Å². The van der Waals surface area contributed by atoms with Gasteiger partial charge >= 0.3 is 0 Å². The standard InChI is InChI=1S/C17H18F2N2O3S/c1-17(2,3)20-16(22)11-4-6-14(7-5-11)21-25(23,24)15-9-12(18)8-13(19)10-15/h4-10,21H,1-3H3,(H,20,22). The molecular weight excluding hydrogens is 350 g/mol. The Morgan fingerprint density at radius 3 is 1.96 bits per heavy atom. The van der Waals surface area contributed by atoms with E-state index in [9.17, 15) is 22.0 Å². The second-order valence-corrected chi connectivity index (χ2v) is 8.17. The third-order valence-electron chi connectivity index (χ3n) is 3.03. The van der Waals surface area contributed by atoms with E-state index in [-0.39, 0.29) is 11.6 Å². The van der Waals surface area contributed by atoms with Crippen LogP contribution >= 0.6 is 0 Å². The molecule has 25 heavy (non-hydrogen) atoms. The molecule has 1 amide bonds. The van der Waals surface area contributed by atoms with Crippen LogP contribution < -0.4 is 10.0 Å². The molecule has 0 heterocycles. The van der Waals surface area contributed by atoms with Crippen LogP contribution in [0.25, 0.3) is 0 Å². The summed E-state index contributed by atoms with van der Waals surface area (Å²) in [6.45, 7) is 5.52. The van der Waals surface area contributed by atoms with Gasteiger partial charge in [0, 0.05) is 22.9 Å². The minimum atomic E-state index is -4.15. The van der Waals surface area contributed by atoms with Crippen LogP contribution in [-0.2, 0) is 10.0 Å². The lowest BCUT2D eigenvalue weighted by Crippen LogP contribution is -2.40. The molecule has 0 bridgehead atoms. The first-order valence-electron chi connectivity index (χ1n) is 7.38. The largest absolute Gasteiger partial charge is 0.347 e. The fourth-order valence-electron chi connectivity index (χ4n) is 2.00. The number of hydrogen-bond acceptors (Lipinski definition) is 3. The lowest BCUT2D eigenvalue weighted by atomic mass is 10.1. The first-order valence-corrected chi connectivity index (χ1v) is 8.86. The van der Waals surface area contributed by atoms with Gasteiger partial charge in [-0.3, -0.25) is 9.52 Å². The van der Waals surface area contributed by atoms with E-state index in [4.69, 9.17) is 0 Å². The smallest absolute Gasteiger partial charge is 0.262 e. The van der Waals surface area contributed by atoms with Gasteiger partial charge in [0.1, 0.15) is 11.6 Å². The molecule has 0 saturated carbocycles. The van der Waals surface area contributed by atoms with Gasteiger partial charge in [-0.2, -0.15) is 0 Å². The Kier molecular flexibility index (Phi) is 5.12. The van der Waals surface area contributed by atoms with Gasteiger partial charge < -0.3 is 5.32 Å². The second-order valence-electron chi connectivity index (χ2n) is 6.49. The van der Waals surface area contributed by atoms with Crippen molar-refractivity contribution in [1.82, 2.24) is 5.32 Å². The number of halogens is 2. The van der Waals surface area contributed by atoms with Crippen LogP contribution in [0, 0.1) is 11.6 Å². The minimum absolute atomic E-state index is 0.164. The number of nitrogens with one attached hydrogen (secondary N) is 2. The van der Waals surface area contributed by atoms with Crippen molar-refractivity contribution in [2.75, 3.05) is 4.72 Å². The molecule has 8 heteroatoms. The summed E-state index contributed by atoms with van der Waals surface area (Å²) in [4.78, 5) is 11.5. The zero-order chi connectivity index (χ0) is 18.8. The summed E-state index contributed by atoms with van der Waals surface area (Å²) in [5, 5.41) is 2.78. The molecule has 2 aromatic rings. The number of sulfonamides is 1. The monoisotopic (exact) mass is 368 g/mol. The first kappa shape index (κ1) is 18.9. The predicted molar refractivity (Wildman–Crippen MR) is 90.8 cm³/mol. The number of benzene rings is 2. The third kappa shape index (κ3) is 5.25. The van der Waals surface area contributed by atoms with Crippen LogP contribution in [0.5, 0.6) is 0 Å². The zero-order valence-corrected chi connectivity index (χ0v) is 14.7. The maximum absolute atomic E-state index is 13.2. The van der Waals surface area contributed by atoms with E-state index in [1.165, 1.54) is 24.3 Å². The molecular formula is C17H18F2N2O3S. The SMILES string of the molecule is CC(C)(C)NC(=O)c1ccc(NS(=O)(=O)c2cc(F)cc(F)c2)cc1. The van der Waals surface area contributed by atoms with Crippen LogP contribution in [0.2, 0.25) is 0 Å². The summed E-state index contributed by atoms with van der Waals surface area (Å²) in [5.41, 5.74) is 0.116. The van der Waals surface area contributed by atoms with Crippen LogP contribution in [-0.4, -0.2) is 19.9 Å². The van der Waals surface area contributed by atoms with Crippen molar-refractivity contribution in [3.63, 3.8) is 0 Å². The molecule has 0 saturated heterocycles. The summed E-state index contributed by atoms with van der Waals surface area (Å²) < 4.78 is 53.0. The normalized spacial score (nSPS) is 11.9. The number of hydrogen-bond donors (Lipinski definition) is 2. The van der Waals surface area contributed by atoms with E-state index in [1.54, 1.807) is 0 Å².